The van der Waals surface area contributed by atoms with Gasteiger partial charge in [0, 0.05) is 5.75 Å². The van der Waals surface area contributed by atoms with Gasteiger partial charge in [0.15, 0.2) is 0 Å². The highest BCUT2D eigenvalue weighted by atomic mass is 32.2. The van der Waals surface area contributed by atoms with E-state index >= 15 is 0 Å². The molecule has 0 unspecified atom stereocenters. The minimum absolute atomic E-state index is 0.486. The fraction of sp³-hybridized carbons (Fsp3) is 0.176. The Morgan fingerprint density at radius 1 is 1.00 bits per heavy atom. The van der Waals surface area contributed by atoms with E-state index in [1.54, 1.807) is 18.9 Å². The van der Waals surface area contributed by atoms with Crippen LogP contribution in [0.5, 0.6) is 5.75 Å². The van der Waals surface area contributed by atoms with Crippen LogP contribution in [0, 0.1) is 0 Å². The monoisotopic (exact) mass is 312 g/mol. The molecule has 0 atom stereocenters. The molecule has 0 aliphatic rings. The van der Waals surface area contributed by atoms with Crippen LogP contribution in [0.3, 0.4) is 0 Å². The van der Waals surface area contributed by atoms with Gasteiger partial charge >= 0.3 is 0 Å². The van der Waals surface area contributed by atoms with Crippen LogP contribution in [-0.4, -0.2) is 23.1 Å². The molecule has 1 heterocycles. The third-order valence-electron chi connectivity index (χ3n) is 3.20. The second kappa shape index (κ2) is 7.13. The highest BCUT2D eigenvalue weighted by Crippen LogP contribution is 2.30. The molecule has 4 nitrogen and oxygen atoms in total. The average Bonchev–Trinajstić information content (AvgIpc) is 3.04. The van der Waals surface area contributed by atoms with E-state index in [9.17, 15) is 0 Å². The molecule has 3 rings (SSSR count). The van der Waals surface area contributed by atoms with Gasteiger partial charge in [0.2, 0.25) is 0 Å². The summed E-state index contributed by atoms with van der Waals surface area (Å²) in [5, 5.41) is 8.77. The summed E-state index contributed by atoms with van der Waals surface area (Å²) in [7, 11) is 1.63. The maximum atomic E-state index is 5.71. The van der Waals surface area contributed by atoms with Crippen molar-refractivity contribution in [2.45, 2.75) is 11.6 Å². The molecule has 0 aliphatic carbocycles. The molecule has 2 aromatic carbocycles. The molecule has 0 radical (unpaired) electrons. The van der Waals surface area contributed by atoms with Crippen LogP contribution in [-0.2, 0) is 6.42 Å². The summed E-state index contributed by atoms with van der Waals surface area (Å²) in [6.07, 6.45) is 0.970. The van der Waals surface area contributed by atoms with Gasteiger partial charge in [0.25, 0.3) is 11.1 Å². The maximum absolute atomic E-state index is 5.71. The largest absolute Gasteiger partial charge is 0.496 e. The van der Waals surface area contributed by atoms with Gasteiger partial charge in [0.1, 0.15) is 5.75 Å². The Labute approximate surface area is 133 Å². The van der Waals surface area contributed by atoms with Crippen molar-refractivity contribution in [3.63, 3.8) is 0 Å². The third kappa shape index (κ3) is 3.49. The van der Waals surface area contributed by atoms with E-state index in [4.69, 9.17) is 9.15 Å². The summed E-state index contributed by atoms with van der Waals surface area (Å²) in [6.45, 7) is 0. The van der Waals surface area contributed by atoms with E-state index in [1.165, 1.54) is 5.56 Å². The van der Waals surface area contributed by atoms with Crippen molar-refractivity contribution in [2.75, 3.05) is 12.9 Å². The smallest absolute Gasteiger partial charge is 0.276 e. The minimum Gasteiger partial charge on any atom is -0.496 e. The SMILES string of the molecule is COc1ccccc1-c1nnc(SCCc2ccccc2)o1. The standard InChI is InChI=1S/C17H16N2O2S/c1-20-15-10-6-5-9-14(15)16-18-19-17(21-16)22-12-11-13-7-3-2-4-8-13/h2-10H,11-12H2,1H3. The summed E-state index contributed by atoms with van der Waals surface area (Å²) in [5.41, 5.74) is 2.12. The quantitative estimate of drug-likeness (QED) is 0.642. The van der Waals surface area contributed by atoms with Gasteiger partial charge in [-0.05, 0) is 24.1 Å². The zero-order valence-electron chi connectivity index (χ0n) is 12.2. The van der Waals surface area contributed by atoms with Crippen LogP contribution in [0.4, 0.5) is 0 Å². The zero-order valence-corrected chi connectivity index (χ0v) is 13.0. The Morgan fingerprint density at radius 2 is 1.77 bits per heavy atom. The zero-order chi connectivity index (χ0) is 15.2. The van der Waals surface area contributed by atoms with Crippen molar-refractivity contribution in [1.29, 1.82) is 0 Å². The van der Waals surface area contributed by atoms with Gasteiger partial charge in [-0.25, -0.2) is 0 Å². The first-order chi connectivity index (χ1) is 10.9. The van der Waals surface area contributed by atoms with E-state index in [0.717, 1.165) is 23.5 Å². The number of hydrogen-bond donors (Lipinski definition) is 0. The van der Waals surface area contributed by atoms with Crippen molar-refractivity contribution >= 4 is 11.8 Å². The maximum Gasteiger partial charge on any atom is 0.276 e. The Kier molecular flexibility index (Phi) is 4.75. The van der Waals surface area contributed by atoms with Gasteiger partial charge in [-0.1, -0.05) is 54.2 Å². The number of hydrogen-bond acceptors (Lipinski definition) is 5. The van der Waals surface area contributed by atoms with E-state index < -0.39 is 0 Å². The topological polar surface area (TPSA) is 48.2 Å². The first-order valence-corrected chi connectivity index (χ1v) is 7.99. The molecule has 3 aromatic rings. The second-order valence-corrected chi connectivity index (χ2v) is 5.70. The summed E-state index contributed by atoms with van der Waals surface area (Å²) in [5.74, 6) is 2.11. The summed E-state index contributed by atoms with van der Waals surface area (Å²) in [6, 6.07) is 18.0. The van der Waals surface area contributed by atoms with E-state index in [2.05, 4.69) is 22.3 Å². The molecule has 112 valence electrons. The number of benzene rings is 2. The predicted molar refractivity (Wildman–Crippen MR) is 87.2 cm³/mol. The van der Waals surface area contributed by atoms with Crippen molar-refractivity contribution < 1.29 is 9.15 Å². The molecule has 0 bridgehead atoms. The van der Waals surface area contributed by atoms with Crippen LogP contribution >= 0.6 is 11.8 Å². The number of para-hydroxylation sites is 1. The van der Waals surface area contributed by atoms with Crippen molar-refractivity contribution in [3.8, 4) is 17.2 Å². The Morgan fingerprint density at radius 3 is 2.59 bits per heavy atom. The molecule has 1 aromatic heterocycles. The van der Waals surface area contributed by atoms with Gasteiger partial charge in [-0.3, -0.25) is 0 Å². The number of nitrogens with zero attached hydrogens (tertiary/aromatic N) is 2. The minimum atomic E-state index is 0.486. The van der Waals surface area contributed by atoms with Crippen LogP contribution in [0.1, 0.15) is 5.56 Å². The van der Waals surface area contributed by atoms with Crippen LogP contribution in [0.15, 0.2) is 64.2 Å². The summed E-state index contributed by atoms with van der Waals surface area (Å²) >= 11 is 1.56. The highest BCUT2D eigenvalue weighted by molar-refractivity contribution is 7.99. The predicted octanol–water partition coefficient (Wildman–Crippen LogP) is 4.08. The second-order valence-electron chi connectivity index (χ2n) is 4.66. The average molecular weight is 312 g/mol. The van der Waals surface area contributed by atoms with Gasteiger partial charge in [-0.2, -0.15) is 0 Å². The number of aromatic nitrogens is 2. The number of ether oxygens (including phenoxy) is 1. The number of thioether (sulfide) groups is 1. The molecule has 0 amide bonds. The first-order valence-electron chi connectivity index (χ1n) is 7.00. The normalized spacial score (nSPS) is 10.6. The molecule has 0 fully saturated rings. The van der Waals surface area contributed by atoms with E-state index in [0.29, 0.717) is 11.1 Å². The molecule has 0 aliphatic heterocycles. The molecule has 0 saturated heterocycles. The lowest BCUT2D eigenvalue weighted by molar-refractivity contribution is 0.411. The molecular formula is C17H16N2O2S. The highest BCUT2D eigenvalue weighted by Gasteiger charge is 2.13. The summed E-state index contributed by atoms with van der Waals surface area (Å²) in [4.78, 5) is 0. The van der Waals surface area contributed by atoms with E-state index in [1.807, 2.05) is 42.5 Å². The number of methoxy groups -OCH3 is 1. The number of rotatable bonds is 6. The summed E-state index contributed by atoms with van der Waals surface area (Å²) < 4.78 is 11.0. The fourth-order valence-electron chi connectivity index (χ4n) is 2.10. The lowest BCUT2D eigenvalue weighted by Gasteiger charge is -2.03. The Balaban J connectivity index is 1.64. The molecule has 0 N–H and O–H groups in total. The molecular weight excluding hydrogens is 296 g/mol. The Hall–Kier alpha value is -2.27. The van der Waals surface area contributed by atoms with Crippen molar-refractivity contribution in [2.24, 2.45) is 0 Å². The number of aryl methyl sites for hydroxylation is 1. The molecule has 5 heteroatoms. The lowest BCUT2D eigenvalue weighted by Crippen LogP contribution is -1.87. The molecule has 0 saturated carbocycles. The van der Waals surface area contributed by atoms with Crippen LogP contribution < -0.4 is 4.74 Å². The van der Waals surface area contributed by atoms with Gasteiger partial charge < -0.3 is 9.15 Å². The Bertz CT molecular complexity index is 728. The lowest BCUT2D eigenvalue weighted by atomic mass is 10.2. The molecule has 0 spiro atoms. The van der Waals surface area contributed by atoms with Gasteiger partial charge in [0.05, 0.1) is 12.7 Å². The van der Waals surface area contributed by atoms with Crippen LogP contribution in [0.25, 0.3) is 11.5 Å². The molecule has 22 heavy (non-hydrogen) atoms. The van der Waals surface area contributed by atoms with Crippen molar-refractivity contribution in [1.82, 2.24) is 10.2 Å². The fourth-order valence-corrected chi connectivity index (χ4v) is 2.85. The van der Waals surface area contributed by atoms with E-state index in [-0.39, 0.29) is 0 Å². The first kappa shape index (κ1) is 14.7. The van der Waals surface area contributed by atoms with Gasteiger partial charge in [-0.15, -0.1) is 10.2 Å². The van der Waals surface area contributed by atoms with Crippen LogP contribution in [0.2, 0.25) is 0 Å². The van der Waals surface area contributed by atoms with Crippen molar-refractivity contribution in [3.05, 3.63) is 60.2 Å². The third-order valence-corrected chi connectivity index (χ3v) is 4.02.